The largest absolute Gasteiger partial charge is 0.493 e. The molecule has 1 heterocycles. The number of ether oxygens (including phenoxy) is 1. The minimum absolute atomic E-state index is 0.214. The summed E-state index contributed by atoms with van der Waals surface area (Å²) < 4.78 is 6.25. The van der Waals surface area contributed by atoms with Crippen molar-refractivity contribution in [1.29, 1.82) is 0 Å². The van der Waals surface area contributed by atoms with E-state index in [4.69, 9.17) is 4.74 Å². The van der Waals surface area contributed by atoms with Crippen LogP contribution in [0.25, 0.3) is 6.08 Å². The SMILES string of the molecule is CCOc1ccc(/C=C2/SC(=O)N(CC)C2=O)cc1Br. The third-order valence-electron chi connectivity index (χ3n) is 2.74. The van der Waals surface area contributed by atoms with Gasteiger partial charge in [0.1, 0.15) is 5.75 Å². The van der Waals surface area contributed by atoms with E-state index in [2.05, 4.69) is 15.9 Å². The van der Waals surface area contributed by atoms with Crippen LogP contribution < -0.4 is 4.74 Å². The molecule has 0 aliphatic carbocycles. The van der Waals surface area contributed by atoms with Crippen molar-refractivity contribution in [2.75, 3.05) is 13.2 Å². The van der Waals surface area contributed by atoms with E-state index in [1.54, 1.807) is 13.0 Å². The fraction of sp³-hybridized carbons (Fsp3) is 0.286. The highest BCUT2D eigenvalue weighted by Gasteiger charge is 2.33. The summed E-state index contributed by atoms with van der Waals surface area (Å²) in [5.41, 5.74) is 0.849. The Labute approximate surface area is 130 Å². The van der Waals surface area contributed by atoms with E-state index < -0.39 is 0 Å². The standard InChI is InChI=1S/C14H14BrNO3S/c1-3-16-13(17)12(20-14(16)18)8-9-5-6-11(19-4-2)10(15)7-9/h5-8H,3-4H2,1-2H3/b12-8+. The molecule has 0 spiro atoms. The molecule has 0 radical (unpaired) electrons. The lowest BCUT2D eigenvalue weighted by molar-refractivity contribution is -0.122. The van der Waals surface area contributed by atoms with Gasteiger partial charge in [0.05, 0.1) is 16.0 Å². The molecule has 1 aromatic carbocycles. The number of likely N-dealkylation sites (N-methyl/N-ethyl adjacent to an activating group) is 1. The molecule has 0 N–H and O–H groups in total. The zero-order valence-corrected chi connectivity index (χ0v) is 13.6. The summed E-state index contributed by atoms with van der Waals surface area (Å²) in [5, 5.41) is -0.214. The van der Waals surface area contributed by atoms with Crippen molar-refractivity contribution >= 4 is 44.9 Å². The maximum atomic E-state index is 12.0. The lowest BCUT2D eigenvalue weighted by Crippen LogP contribution is -2.27. The fourth-order valence-electron chi connectivity index (χ4n) is 1.80. The Morgan fingerprint density at radius 1 is 1.35 bits per heavy atom. The molecular formula is C14H14BrNO3S. The van der Waals surface area contributed by atoms with Gasteiger partial charge in [0, 0.05) is 6.54 Å². The molecule has 2 rings (SSSR count). The average molecular weight is 356 g/mol. The maximum absolute atomic E-state index is 12.0. The van der Waals surface area contributed by atoms with Crippen LogP contribution in [-0.2, 0) is 4.79 Å². The molecule has 0 saturated carbocycles. The van der Waals surface area contributed by atoms with E-state index in [0.29, 0.717) is 18.1 Å². The van der Waals surface area contributed by atoms with Gasteiger partial charge in [0.25, 0.3) is 11.1 Å². The number of hydrogen-bond donors (Lipinski definition) is 0. The van der Waals surface area contributed by atoms with E-state index in [-0.39, 0.29) is 11.1 Å². The number of hydrogen-bond acceptors (Lipinski definition) is 4. The Hall–Kier alpha value is -1.27. The third-order valence-corrected chi connectivity index (χ3v) is 4.27. The maximum Gasteiger partial charge on any atom is 0.293 e. The summed E-state index contributed by atoms with van der Waals surface area (Å²) in [6, 6.07) is 5.56. The van der Waals surface area contributed by atoms with E-state index >= 15 is 0 Å². The number of amides is 2. The first-order valence-corrected chi connectivity index (χ1v) is 7.85. The van der Waals surface area contributed by atoms with E-state index in [0.717, 1.165) is 27.5 Å². The summed E-state index contributed by atoms with van der Waals surface area (Å²) >= 11 is 4.40. The topological polar surface area (TPSA) is 46.6 Å². The van der Waals surface area contributed by atoms with Crippen molar-refractivity contribution in [3.05, 3.63) is 33.1 Å². The quantitative estimate of drug-likeness (QED) is 0.768. The second kappa shape index (κ2) is 6.45. The fourth-order valence-corrected chi connectivity index (χ4v) is 3.22. The summed E-state index contributed by atoms with van der Waals surface area (Å²) in [6.07, 6.45) is 1.72. The smallest absolute Gasteiger partial charge is 0.293 e. The minimum atomic E-state index is -0.229. The number of imide groups is 1. The van der Waals surface area contributed by atoms with Crippen molar-refractivity contribution in [2.45, 2.75) is 13.8 Å². The van der Waals surface area contributed by atoms with Crippen LogP contribution in [-0.4, -0.2) is 29.2 Å². The molecule has 20 heavy (non-hydrogen) atoms. The molecule has 1 saturated heterocycles. The Balaban J connectivity index is 2.26. The van der Waals surface area contributed by atoms with Crippen LogP contribution in [0, 0.1) is 0 Å². The molecule has 2 amide bonds. The van der Waals surface area contributed by atoms with Crippen LogP contribution in [0.4, 0.5) is 4.79 Å². The van der Waals surface area contributed by atoms with E-state index in [1.165, 1.54) is 4.90 Å². The first kappa shape index (κ1) is 15.1. The summed E-state index contributed by atoms with van der Waals surface area (Å²) in [5.74, 6) is 0.527. The van der Waals surface area contributed by atoms with Crippen LogP contribution in [0.1, 0.15) is 19.4 Å². The predicted molar refractivity (Wildman–Crippen MR) is 83.7 cm³/mol. The zero-order chi connectivity index (χ0) is 14.7. The van der Waals surface area contributed by atoms with Crippen molar-refractivity contribution in [1.82, 2.24) is 4.90 Å². The number of rotatable bonds is 4. The normalized spacial score (nSPS) is 17.1. The number of thioether (sulfide) groups is 1. The summed E-state index contributed by atoms with van der Waals surface area (Å²) in [7, 11) is 0. The van der Waals surface area contributed by atoms with E-state index in [1.807, 2.05) is 25.1 Å². The van der Waals surface area contributed by atoms with Crippen molar-refractivity contribution in [2.24, 2.45) is 0 Å². The Morgan fingerprint density at radius 2 is 2.10 bits per heavy atom. The molecule has 0 atom stereocenters. The van der Waals surface area contributed by atoms with Gasteiger partial charge in [-0.2, -0.15) is 0 Å². The molecule has 1 aliphatic heterocycles. The zero-order valence-electron chi connectivity index (χ0n) is 11.2. The van der Waals surface area contributed by atoms with E-state index in [9.17, 15) is 9.59 Å². The molecule has 1 aliphatic rings. The van der Waals surface area contributed by atoms with Gasteiger partial charge in [-0.05, 0) is 65.3 Å². The average Bonchev–Trinajstić information content (AvgIpc) is 2.67. The van der Waals surface area contributed by atoms with Crippen LogP contribution in [0.15, 0.2) is 27.6 Å². The Kier molecular flexibility index (Phi) is 4.88. The van der Waals surface area contributed by atoms with Crippen molar-refractivity contribution in [3.63, 3.8) is 0 Å². The Morgan fingerprint density at radius 3 is 2.65 bits per heavy atom. The monoisotopic (exact) mass is 355 g/mol. The third kappa shape index (κ3) is 3.07. The molecule has 106 valence electrons. The molecule has 0 unspecified atom stereocenters. The molecule has 4 nitrogen and oxygen atoms in total. The Bertz CT molecular complexity index is 586. The van der Waals surface area contributed by atoms with Gasteiger partial charge >= 0.3 is 0 Å². The van der Waals surface area contributed by atoms with Gasteiger partial charge in [-0.3, -0.25) is 14.5 Å². The summed E-state index contributed by atoms with van der Waals surface area (Å²) in [4.78, 5) is 25.3. The van der Waals surface area contributed by atoms with Gasteiger partial charge in [0.15, 0.2) is 0 Å². The second-order valence-corrected chi connectivity index (χ2v) is 5.90. The molecule has 0 aromatic heterocycles. The first-order valence-electron chi connectivity index (χ1n) is 6.24. The number of nitrogens with zero attached hydrogens (tertiary/aromatic N) is 1. The number of carbonyl (C=O) groups is 2. The van der Waals surface area contributed by atoms with Crippen LogP contribution >= 0.6 is 27.7 Å². The predicted octanol–water partition coefficient (Wildman–Crippen LogP) is 3.90. The summed E-state index contributed by atoms with van der Waals surface area (Å²) in [6.45, 7) is 4.69. The van der Waals surface area contributed by atoms with Gasteiger partial charge in [0.2, 0.25) is 0 Å². The molecule has 1 aromatic rings. The minimum Gasteiger partial charge on any atom is -0.493 e. The van der Waals surface area contributed by atoms with Gasteiger partial charge in [-0.1, -0.05) is 6.07 Å². The highest BCUT2D eigenvalue weighted by atomic mass is 79.9. The first-order chi connectivity index (χ1) is 9.56. The van der Waals surface area contributed by atoms with Crippen LogP contribution in [0.3, 0.4) is 0 Å². The highest BCUT2D eigenvalue weighted by molar-refractivity contribution is 9.10. The van der Waals surface area contributed by atoms with Crippen LogP contribution in [0.2, 0.25) is 0 Å². The van der Waals surface area contributed by atoms with Gasteiger partial charge in [-0.15, -0.1) is 0 Å². The number of benzene rings is 1. The lowest BCUT2D eigenvalue weighted by Gasteiger charge is -2.07. The molecule has 0 bridgehead atoms. The number of halogens is 1. The van der Waals surface area contributed by atoms with Crippen molar-refractivity contribution < 1.29 is 14.3 Å². The van der Waals surface area contributed by atoms with Gasteiger partial charge < -0.3 is 4.74 Å². The van der Waals surface area contributed by atoms with Crippen molar-refractivity contribution in [3.8, 4) is 5.75 Å². The highest BCUT2D eigenvalue weighted by Crippen LogP contribution is 2.33. The molecular weight excluding hydrogens is 342 g/mol. The van der Waals surface area contributed by atoms with Gasteiger partial charge in [-0.25, -0.2) is 0 Å². The van der Waals surface area contributed by atoms with Crippen LogP contribution in [0.5, 0.6) is 5.75 Å². The number of carbonyl (C=O) groups excluding carboxylic acids is 2. The lowest BCUT2D eigenvalue weighted by atomic mass is 10.2. The second-order valence-electron chi connectivity index (χ2n) is 4.05. The molecule has 1 fully saturated rings. The molecule has 6 heteroatoms.